The molecule has 0 aromatic carbocycles. The monoisotopic (exact) mass is 248 g/mol. The highest BCUT2D eigenvalue weighted by Gasteiger charge is 2.30. The highest BCUT2D eigenvalue weighted by Crippen LogP contribution is 2.40. The normalized spacial score (nSPS) is 44.3. The first-order valence-corrected chi connectivity index (χ1v) is 5.67. The third-order valence-electron chi connectivity index (χ3n) is 2.91. The van der Waals surface area contributed by atoms with Crippen LogP contribution >= 0.6 is 22.6 Å². The molecular weight excluding hydrogens is 235 g/mol. The molecular formula is C9H13I. The van der Waals surface area contributed by atoms with Crippen LogP contribution in [-0.2, 0) is 0 Å². The fraction of sp³-hybridized carbons (Fsp3) is 0.778. The molecule has 0 spiro atoms. The first-order chi connectivity index (χ1) is 4.90. The molecule has 0 heterocycles. The third-order valence-corrected chi connectivity index (χ3v) is 4.04. The number of halogens is 1. The van der Waals surface area contributed by atoms with Crippen molar-refractivity contribution in [2.75, 3.05) is 4.43 Å². The highest BCUT2D eigenvalue weighted by atomic mass is 127. The van der Waals surface area contributed by atoms with Gasteiger partial charge in [0.25, 0.3) is 0 Å². The molecule has 0 unspecified atom stereocenters. The summed E-state index contributed by atoms with van der Waals surface area (Å²) in [4.78, 5) is 0. The smallest absolute Gasteiger partial charge is 0.00295 e. The van der Waals surface area contributed by atoms with Gasteiger partial charge in [-0.15, -0.1) is 0 Å². The zero-order chi connectivity index (χ0) is 6.97. The summed E-state index contributed by atoms with van der Waals surface area (Å²) in [6, 6.07) is 0. The first kappa shape index (κ1) is 7.14. The predicted octanol–water partition coefficient (Wildman–Crippen LogP) is 3.02. The van der Waals surface area contributed by atoms with Gasteiger partial charge in [0.1, 0.15) is 0 Å². The van der Waals surface area contributed by atoms with E-state index in [2.05, 4.69) is 34.7 Å². The third kappa shape index (κ3) is 1.13. The van der Waals surface area contributed by atoms with Gasteiger partial charge in [-0.3, -0.25) is 0 Å². The van der Waals surface area contributed by atoms with Gasteiger partial charge in [-0.05, 0) is 37.0 Å². The van der Waals surface area contributed by atoms with E-state index in [1.807, 2.05) is 0 Å². The summed E-state index contributed by atoms with van der Waals surface area (Å²) in [6.07, 6.45) is 9.31. The topological polar surface area (TPSA) is 0 Å². The second kappa shape index (κ2) is 2.84. The highest BCUT2D eigenvalue weighted by molar-refractivity contribution is 14.1. The molecule has 0 nitrogen and oxygen atoms in total. The van der Waals surface area contributed by atoms with Crippen molar-refractivity contribution in [3.05, 3.63) is 12.2 Å². The van der Waals surface area contributed by atoms with Crippen LogP contribution in [0.3, 0.4) is 0 Å². The van der Waals surface area contributed by atoms with Gasteiger partial charge in [-0.1, -0.05) is 34.7 Å². The summed E-state index contributed by atoms with van der Waals surface area (Å²) in [7, 11) is 0. The molecule has 0 saturated heterocycles. The van der Waals surface area contributed by atoms with Gasteiger partial charge in [-0.25, -0.2) is 0 Å². The van der Waals surface area contributed by atoms with Gasteiger partial charge in [0.05, 0.1) is 0 Å². The Morgan fingerprint density at radius 1 is 1.30 bits per heavy atom. The summed E-state index contributed by atoms with van der Waals surface area (Å²) in [5.74, 6) is 2.91. The lowest BCUT2D eigenvalue weighted by Gasteiger charge is -2.37. The van der Waals surface area contributed by atoms with Gasteiger partial charge in [0.2, 0.25) is 0 Å². The Morgan fingerprint density at radius 2 is 2.20 bits per heavy atom. The summed E-state index contributed by atoms with van der Waals surface area (Å²) >= 11 is 2.53. The number of fused-ring (bicyclic) bond motifs is 2. The van der Waals surface area contributed by atoms with Gasteiger partial charge in [-0.2, -0.15) is 0 Å². The average molecular weight is 248 g/mol. The van der Waals surface area contributed by atoms with Crippen molar-refractivity contribution >= 4 is 22.6 Å². The van der Waals surface area contributed by atoms with Crippen molar-refractivity contribution < 1.29 is 0 Å². The summed E-state index contributed by atoms with van der Waals surface area (Å²) in [6.45, 7) is 0. The largest absolute Gasteiger partial charge is 0.0861 e. The number of rotatable bonds is 1. The zero-order valence-electron chi connectivity index (χ0n) is 6.09. The minimum Gasteiger partial charge on any atom is -0.0861 e. The van der Waals surface area contributed by atoms with E-state index in [1.165, 1.54) is 23.7 Å². The molecule has 0 aromatic heterocycles. The van der Waals surface area contributed by atoms with Crippen molar-refractivity contribution in [1.82, 2.24) is 0 Å². The van der Waals surface area contributed by atoms with Crippen molar-refractivity contribution in [1.29, 1.82) is 0 Å². The van der Waals surface area contributed by atoms with Crippen LogP contribution in [0.25, 0.3) is 0 Å². The lowest BCUT2D eigenvalue weighted by molar-refractivity contribution is 0.245. The standard InChI is InChI=1S/C9H13I/c10-6-9-5-7-1-3-8(9)4-2-7/h1,3,7-9H,2,4-6H2/t7-,8+,9+/m0/s1. The second-order valence-corrected chi connectivity index (χ2v) is 4.42. The van der Waals surface area contributed by atoms with E-state index < -0.39 is 0 Å². The molecule has 10 heavy (non-hydrogen) atoms. The van der Waals surface area contributed by atoms with Gasteiger partial charge in [0.15, 0.2) is 0 Å². The summed E-state index contributed by atoms with van der Waals surface area (Å²) in [5.41, 5.74) is 0. The number of hydrogen-bond acceptors (Lipinski definition) is 0. The molecule has 1 saturated carbocycles. The van der Waals surface area contributed by atoms with Crippen LogP contribution in [0.5, 0.6) is 0 Å². The maximum absolute atomic E-state index is 2.53. The molecule has 1 fully saturated rings. The maximum Gasteiger partial charge on any atom is 0.00295 e. The minimum atomic E-state index is 0.946. The van der Waals surface area contributed by atoms with E-state index in [-0.39, 0.29) is 0 Å². The lowest BCUT2D eigenvalue weighted by Crippen LogP contribution is -2.27. The quantitative estimate of drug-likeness (QED) is 0.380. The Balaban J connectivity index is 2.11. The lowest BCUT2D eigenvalue weighted by atomic mass is 9.70. The van der Waals surface area contributed by atoms with Crippen LogP contribution < -0.4 is 0 Å². The van der Waals surface area contributed by atoms with Crippen molar-refractivity contribution in [2.24, 2.45) is 17.8 Å². The first-order valence-electron chi connectivity index (χ1n) is 4.14. The molecule has 0 aliphatic heterocycles. The molecule has 3 aliphatic carbocycles. The van der Waals surface area contributed by atoms with E-state index in [9.17, 15) is 0 Å². The van der Waals surface area contributed by atoms with Gasteiger partial charge < -0.3 is 0 Å². The molecule has 1 heteroatoms. The van der Waals surface area contributed by atoms with Crippen LogP contribution in [0.4, 0.5) is 0 Å². The van der Waals surface area contributed by atoms with Crippen molar-refractivity contribution in [2.45, 2.75) is 19.3 Å². The molecule has 0 radical (unpaired) electrons. The summed E-state index contributed by atoms with van der Waals surface area (Å²) < 4.78 is 1.36. The van der Waals surface area contributed by atoms with Crippen LogP contribution in [0.15, 0.2) is 12.2 Å². The Kier molecular flexibility index (Phi) is 2.03. The molecule has 2 bridgehead atoms. The minimum absolute atomic E-state index is 0.946. The molecule has 0 aromatic rings. The van der Waals surface area contributed by atoms with Crippen LogP contribution in [0, 0.1) is 17.8 Å². The number of allylic oxidation sites excluding steroid dienone is 2. The molecule has 0 amide bonds. The Hall–Kier alpha value is 0.470. The average Bonchev–Trinajstić information content (AvgIpc) is 2.06. The Labute approximate surface area is 76.2 Å². The maximum atomic E-state index is 2.53. The molecule has 3 rings (SSSR count). The number of hydrogen-bond donors (Lipinski definition) is 0. The zero-order valence-corrected chi connectivity index (χ0v) is 8.25. The van der Waals surface area contributed by atoms with E-state index in [0.717, 1.165) is 17.8 Å². The van der Waals surface area contributed by atoms with E-state index in [4.69, 9.17) is 0 Å². The van der Waals surface area contributed by atoms with Gasteiger partial charge >= 0.3 is 0 Å². The van der Waals surface area contributed by atoms with Crippen molar-refractivity contribution in [3.8, 4) is 0 Å². The van der Waals surface area contributed by atoms with Gasteiger partial charge in [0, 0.05) is 4.43 Å². The van der Waals surface area contributed by atoms with Crippen molar-refractivity contribution in [3.63, 3.8) is 0 Å². The van der Waals surface area contributed by atoms with Crippen LogP contribution in [0.2, 0.25) is 0 Å². The molecule has 56 valence electrons. The van der Waals surface area contributed by atoms with Crippen LogP contribution in [-0.4, -0.2) is 4.43 Å². The van der Waals surface area contributed by atoms with Crippen LogP contribution in [0.1, 0.15) is 19.3 Å². The fourth-order valence-electron chi connectivity index (χ4n) is 2.23. The molecule has 3 atom stereocenters. The van der Waals surface area contributed by atoms with E-state index in [1.54, 1.807) is 0 Å². The molecule has 3 aliphatic rings. The SMILES string of the molecule is IC[C@H]1C[C@H]2C=C[C@@H]1CC2. The summed E-state index contributed by atoms with van der Waals surface area (Å²) in [5, 5.41) is 0. The Morgan fingerprint density at radius 3 is 2.50 bits per heavy atom. The Bertz CT molecular complexity index is 151. The van der Waals surface area contributed by atoms with E-state index in [0.29, 0.717) is 0 Å². The predicted molar refractivity (Wildman–Crippen MR) is 52.3 cm³/mol. The number of alkyl halides is 1. The molecule has 0 N–H and O–H groups in total. The fourth-order valence-corrected chi connectivity index (χ4v) is 3.24. The van der Waals surface area contributed by atoms with E-state index >= 15 is 0 Å². The second-order valence-electron chi connectivity index (χ2n) is 3.54.